The zero-order chi connectivity index (χ0) is 22.7. The normalized spacial score (nSPS) is 20.4. The Morgan fingerprint density at radius 2 is 2.12 bits per heavy atom. The Labute approximate surface area is 188 Å². The maximum atomic E-state index is 13.4. The first-order valence-corrected chi connectivity index (χ1v) is 11.3. The first-order valence-electron chi connectivity index (χ1n) is 11.3. The third-order valence-electron chi connectivity index (χ3n) is 6.45. The number of carbonyl (C=O) groups is 1. The van der Waals surface area contributed by atoms with Crippen LogP contribution in [-0.4, -0.2) is 43.3 Å². The van der Waals surface area contributed by atoms with Gasteiger partial charge in [-0.25, -0.2) is 9.97 Å². The van der Waals surface area contributed by atoms with Crippen molar-refractivity contribution in [2.75, 3.05) is 11.9 Å². The first-order chi connectivity index (χ1) is 15.5. The second-order valence-corrected chi connectivity index (χ2v) is 8.87. The molecular formula is C25H31N5O2. The van der Waals surface area contributed by atoms with E-state index in [1.165, 1.54) is 11.9 Å². The molecule has 0 radical (unpaired) electrons. The van der Waals surface area contributed by atoms with Crippen molar-refractivity contribution in [1.82, 2.24) is 19.7 Å². The molecule has 4 rings (SSSR count). The summed E-state index contributed by atoms with van der Waals surface area (Å²) in [5.74, 6) is 1.06. The van der Waals surface area contributed by atoms with Crippen LogP contribution in [0, 0.1) is 18.8 Å². The summed E-state index contributed by atoms with van der Waals surface area (Å²) in [6.07, 6.45) is 5.60. The van der Waals surface area contributed by atoms with Crippen molar-refractivity contribution in [1.29, 1.82) is 0 Å². The Bertz CT molecular complexity index is 1090. The summed E-state index contributed by atoms with van der Waals surface area (Å²) in [5, 5.41) is 17.6. The first kappa shape index (κ1) is 22.1. The highest BCUT2D eigenvalue weighted by Crippen LogP contribution is 2.33. The minimum Gasteiger partial charge on any atom is -0.396 e. The number of hydrogen-bond acceptors (Lipinski definition) is 6. The highest BCUT2D eigenvalue weighted by Gasteiger charge is 2.32. The maximum Gasteiger partial charge on any atom is 0.218 e. The molecule has 7 nitrogen and oxygen atoms in total. The Balaban J connectivity index is 1.57. The summed E-state index contributed by atoms with van der Waals surface area (Å²) in [5.41, 5.74) is 4.19. The highest BCUT2D eigenvalue weighted by atomic mass is 16.3. The lowest BCUT2D eigenvalue weighted by Gasteiger charge is -2.15. The molecule has 1 aromatic carbocycles. The maximum absolute atomic E-state index is 13.4. The van der Waals surface area contributed by atoms with E-state index < -0.39 is 0 Å². The molecule has 32 heavy (non-hydrogen) atoms. The highest BCUT2D eigenvalue weighted by molar-refractivity contribution is 6.10. The van der Waals surface area contributed by atoms with Gasteiger partial charge >= 0.3 is 0 Å². The lowest BCUT2D eigenvalue weighted by atomic mass is 10.00. The molecule has 2 heterocycles. The van der Waals surface area contributed by atoms with Crippen LogP contribution in [0.3, 0.4) is 0 Å². The SMILES string of the molecule is CCc1cc(C(=O)c2cncnc2N[C@@H]2C[C@H](CO)[C@@H](C)C2)nn1Cc1cccc(C)c1. The number of nitrogens with one attached hydrogen (secondary N) is 1. The zero-order valence-corrected chi connectivity index (χ0v) is 19.0. The summed E-state index contributed by atoms with van der Waals surface area (Å²) in [6.45, 7) is 7.10. The number of rotatable bonds is 8. The van der Waals surface area contributed by atoms with Crippen molar-refractivity contribution in [2.24, 2.45) is 11.8 Å². The zero-order valence-electron chi connectivity index (χ0n) is 19.0. The lowest BCUT2D eigenvalue weighted by molar-refractivity contribution is 0.103. The number of aryl methyl sites for hydroxylation is 2. The number of anilines is 1. The standard InChI is InChI=1S/C25H31N5O2/c1-4-21-11-23(29-30(21)13-18-7-5-6-16(2)8-18)24(32)22-12-26-15-27-25(22)28-20-9-17(3)19(10-20)14-31/h5-8,11-12,15,17,19-20,31H,4,9-10,13-14H2,1-3H3,(H,26,27,28)/t17-,19+,20-/m0/s1. The molecule has 2 aromatic heterocycles. The van der Waals surface area contributed by atoms with Gasteiger partial charge in [-0.2, -0.15) is 5.10 Å². The Hall–Kier alpha value is -3.06. The second-order valence-electron chi connectivity index (χ2n) is 8.87. The minimum atomic E-state index is -0.185. The number of hydrogen-bond donors (Lipinski definition) is 2. The van der Waals surface area contributed by atoms with E-state index in [1.807, 2.05) is 16.8 Å². The molecule has 0 unspecified atom stereocenters. The summed E-state index contributed by atoms with van der Waals surface area (Å²) in [6, 6.07) is 10.4. The van der Waals surface area contributed by atoms with E-state index in [4.69, 9.17) is 0 Å². The van der Waals surface area contributed by atoms with Crippen LogP contribution in [0.25, 0.3) is 0 Å². The van der Waals surface area contributed by atoms with Crippen LogP contribution in [0.15, 0.2) is 42.9 Å². The molecule has 3 aromatic rings. The second kappa shape index (κ2) is 9.61. The van der Waals surface area contributed by atoms with Crippen LogP contribution < -0.4 is 5.32 Å². The molecule has 2 N–H and O–H groups in total. The molecule has 0 aliphatic heterocycles. The summed E-state index contributed by atoms with van der Waals surface area (Å²) in [4.78, 5) is 21.8. The van der Waals surface area contributed by atoms with Crippen molar-refractivity contribution in [3.05, 3.63) is 70.9 Å². The van der Waals surface area contributed by atoms with Gasteiger partial charge in [0.15, 0.2) is 0 Å². The average Bonchev–Trinajstić information content (AvgIpc) is 3.36. The molecule has 168 valence electrons. The number of carbonyl (C=O) groups excluding carboxylic acids is 1. The number of aromatic nitrogens is 4. The summed E-state index contributed by atoms with van der Waals surface area (Å²) < 4.78 is 1.91. The fraction of sp³-hybridized carbons (Fsp3) is 0.440. The van der Waals surface area contributed by atoms with E-state index in [0.29, 0.717) is 29.5 Å². The number of nitrogens with zero attached hydrogens (tertiary/aromatic N) is 4. The van der Waals surface area contributed by atoms with Crippen LogP contribution in [0.5, 0.6) is 0 Å². The molecule has 7 heteroatoms. The van der Waals surface area contributed by atoms with E-state index in [1.54, 1.807) is 6.20 Å². The quantitative estimate of drug-likeness (QED) is 0.527. The molecule has 3 atom stereocenters. The molecular weight excluding hydrogens is 402 g/mol. The van der Waals surface area contributed by atoms with E-state index in [-0.39, 0.29) is 24.3 Å². The Morgan fingerprint density at radius 1 is 1.28 bits per heavy atom. The third-order valence-corrected chi connectivity index (χ3v) is 6.45. The van der Waals surface area contributed by atoms with Gasteiger partial charge in [0.25, 0.3) is 0 Å². The molecule has 1 saturated carbocycles. The predicted molar refractivity (Wildman–Crippen MR) is 124 cm³/mol. The Kier molecular flexibility index (Phi) is 6.65. The topological polar surface area (TPSA) is 92.9 Å². The van der Waals surface area contributed by atoms with Crippen LogP contribution in [-0.2, 0) is 13.0 Å². The predicted octanol–water partition coefficient (Wildman–Crippen LogP) is 3.64. The molecule has 1 fully saturated rings. The van der Waals surface area contributed by atoms with Gasteiger partial charge in [-0.3, -0.25) is 9.48 Å². The molecule has 0 bridgehead atoms. The van der Waals surface area contributed by atoms with Crippen molar-refractivity contribution in [2.45, 2.75) is 52.6 Å². The van der Waals surface area contributed by atoms with Gasteiger partial charge in [0.1, 0.15) is 17.8 Å². The van der Waals surface area contributed by atoms with E-state index in [2.05, 4.69) is 59.4 Å². The number of aliphatic hydroxyl groups is 1. The van der Waals surface area contributed by atoms with Gasteiger partial charge in [0.05, 0.1) is 12.1 Å². The van der Waals surface area contributed by atoms with Crippen LogP contribution >= 0.6 is 0 Å². The van der Waals surface area contributed by atoms with Crippen LogP contribution in [0.1, 0.15) is 59.6 Å². The van der Waals surface area contributed by atoms with E-state index in [0.717, 1.165) is 30.5 Å². The van der Waals surface area contributed by atoms with Gasteiger partial charge in [0.2, 0.25) is 5.78 Å². The van der Waals surface area contributed by atoms with Crippen molar-refractivity contribution >= 4 is 11.6 Å². The Morgan fingerprint density at radius 3 is 2.84 bits per heavy atom. The third kappa shape index (κ3) is 4.72. The van der Waals surface area contributed by atoms with Gasteiger partial charge in [0, 0.05) is 24.5 Å². The van der Waals surface area contributed by atoms with Gasteiger partial charge in [-0.15, -0.1) is 0 Å². The fourth-order valence-corrected chi connectivity index (χ4v) is 4.62. The monoisotopic (exact) mass is 433 g/mol. The molecule has 0 amide bonds. The molecule has 1 aliphatic carbocycles. The lowest BCUT2D eigenvalue weighted by Crippen LogP contribution is -2.20. The molecule has 0 spiro atoms. The summed E-state index contributed by atoms with van der Waals surface area (Å²) >= 11 is 0. The molecule has 1 aliphatic rings. The van der Waals surface area contributed by atoms with E-state index >= 15 is 0 Å². The van der Waals surface area contributed by atoms with Crippen molar-refractivity contribution in [3.8, 4) is 0 Å². The van der Waals surface area contributed by atoms with Crippen LogP contribution in [0.4, 0.5) is 5.82 Å². The van der Waals surface area contributed by atoms with E-state index in [9.17, 15) is 9.90 Å². The van der Waals surface area contributed by atoms with Crippen molar-refractivity contribution in [3.63, 3.8) is 0 Å². The van der Waals surface area contributed by atoms with Crippen molar-refractivity contribution < 1.29 is 9.90 Å². The molecule has 0 saturated heterocycles. The van der Waals surface area contributed by atoms with Gasteiger partial charge in [-0.1, -0.05) is 43.7 Å². The fourth-order valence-electron chi connectivity index (χ4n) is 4.62. The number of benzene rings is 1. The minimum absolute atomic E-state index is 0.175. The number of ketones is 1. The smallest absolute Gasteiger partial charge is 0.218 e. The largest absolute Gasteiger partial charge is 0.396 e. The van der Waals surface area contributed by atoms with Gasteiger partial charge < -0.3 is 10.4 Å². The average molecular weight is 434 g/mol. The van der Waals surface area contributed by atoms with Gasteiger partial charge in [-0.05, 0) is 49.7 Å². The number of aliphatic hydroxyl groups excluding tert-OH is 1. The van der Waals surface area contributed by atoms with Crippen LogP contribution in [0.2, 0.25) is 0 Å². The summed E-state index contributed by atoms with van der Waals surface area (Å²) in [7, 11) is 0.